The van der Waals surface area contributed by atoms with Crippen LogP contribution in [0.4, 0.5) is 19.0 Å². The Hall–Kier alpha value is -4.02. The SMILES string of the molecule is O=C(Nc1nc2nonc2nc1OCc1ccccc1)c1ccc(C(F)(F)F)cc1. The van der Waals surface area contributed by atoms with Crippen LogP contribution in [0.5, 0.6) is 5.88 Å². The number of carbonyl (C=O) groups excluding carboxylic acids is 1. The highest BCUT2D eigenvalue weighted by atomic mass is 19.4. The second-order valence-electron chi connectivity index (χ2n) is 6.09. The number of halogens is 3. The van der Waals surface area contributed by atoms with Gasteiger partial charge < -0.3 is 10.1 Å². The fourth-order valence-corrected chi connectivity index (χ4v) is 2.52. The number of hydrogen-bond donors (Lipinski definition) is 1. The molecule has 0 radical (unpaired) electrons. The van der Waals surface area contributed by atoms with Gasteiger partial charge in [0.1, 0.15) is 6.61 Å². The van der Waals surface area contributed by atoms with Crippen LogP contribution >= 0.6 is 0 Å². The smallest absolute Gasteiger partial charge is 0.416 e. The lowest BCUT2D eigenvalue weighted by molar-refractivity contribution is -0.137. The Balaban J connectivity index is 1.58. The van der Waals surface area contributed by atoms with Gasteiger partial charge in [-0.05, 0) is 40.1 Å². The van der Waals surface area contributed by atoms with E-state index in [0.29, 0.717) is 0 Å². The molecule has 1 N–H and O–H groups in total. The van der Waals surface area contributed by atoms with E-state index in [2.05, 4.69) is 30.2 Å². The molecule has 0 fully saturated rings. The van der Waals surface area contributed by atoms with Crippen molar-refractivity contribution in [1.82, 2.24) is 20.3 Å². The highest BCUT2D eigenvalue weighted by Crippen LogP contribution is 2.29. The zero-order valence-corrected chi connectivity index (χ0v) is 15.1. The summed E-state index contributed by atoms with van der Waals surface area (Å²) in [6.45, 7) is 0.134. The standard InChI is InChI=1S/C19H12F3N5O3/c20-19(21,22)13-8-6-12(7-9-13)17(28)24-16-18(25-15-14(23-16)26-30-27-15)29-10-11-4-2-1-3-5-11/h1-9H,10H2,(H,23,24,26,28). The van der Waals surface area contributed by atoms with E-state index < -0.39 is 17.6 Å². The second kappa shape index (κ2) is 7.78. The van der Waals surface area contributed by atoms with Crippen LogP contribution in [0, 0.1) is 0 Å². The van der Waals surface area contributed by atoms with Crippen LogP contribution in [-0.4, -0.2) is 26.2 Å². The van der Waals surface area contributed by atoms with Crippen LogP contribution in [0.25, 0.3) is 11.3 Å². The van der Waals surface area contributed by atoms with Gasteiger partial charge in [-0.15, -0.1) is 0 Å². The number of carbonyl (C=O) groups is 1. The van der Waals surface area contributed by atoms with E-state index in [1.807, 2.05) is 30.3 Å². The number of nitrogens with zero attached hydrogens (tertiary/aromatic N) is 4. The Kier molecular flexibility index (Phi) is 5.00. The molecule has 0 saturated carbocycles. The average Bonchev–Trinajstić information content (AvgIpc) is 3.19. The molecule has 0 saturated heterocycles. The Bertz CT molecular complexity index is 1180. The molecule has 4 rings (SSSR count). The van der Waals surface area contributed by atoms with Crippen LogP contribution in [0.2, 0.25) is 0 Å². The van der Waals surface area contributed by atoms with Gasteiger partial charge in [-0.1, -0.05) is 30.3 Å². The van der Waals surface area contributed by atoms with Gasteiger partial charge in [0.2, 0.25) is 11.3 Å². The van der Waals surface area contributed by atoms with E-state index in [9.17, 15) is 18.0 Å². The van der Waals surface area contributed by atoms with Crippen molar-refractivity contribution in [1.29, 1.82) is 0 Å². The fourth-order valence-electron chi connectivity index (χ4n) is 2.52. The van der Waals surface area contributed by atoms with Crippen molar-refractivity contribution < 1.29 is 27.3 Å². The lowest BCUT2D eigenvalue weighted by Crippen LogP contribution is -2.15. The van der Waals surface area contributed by atoms with Gasteiger partial charge in [0.05, 0.1) is 5.56 Å². The molecule has 152 valence electrons. The number of amides is 1. The molecular weight excluding hydrogens is 403 g/mol. The lowest BCUT2D eigenvalue weighted by Gasteiger charge is -2.11. The van der Waals surface area contributed by atoms with E-state index in [1.165, 1.54) is 0 Å². The normalized spacial score (nSPS) is 11.4. The quantitative estimate of drug-likeness (QED) is 0.528. The molecular formula is C19H12F3N5O3. The summed E-state index contributed by atoms with van der Waals surface area (Å²) in [6, 6.07) is 13.0. The first-order valence-corrected chi connectivity index (χ1v) is 8.56. The first kappa shape index (κ1) is 19.3. The molecule has 2 aromatic carbocycles. The molecule has 4 aromatic rings. The van der Waals surface area contributed by atoms with Crippen LogP contribution in [-0.2, 0) is 12.8 Å². The molecule has 0 atom stereocenters. The Morgan fingerprint density at radius 3 is 2.30 bits per heavy atom. The second-order valence-corrected chi connectivity index (χ2v) is 6.09. The fraction of sp³-hybridized carbons (Fsp3) is 0.105. The molecule has 0 bridgehead atoms. The third-order valence-corrected chi connectivity index (χ3v) is 4.01. The Morgan fingerprint density at radius 2 is 1.63 bits per heavy atom. The minimum atomic E-state index is -4.50. The molecule has 8 nitrogen and oxygen atoms in total. The number of alkyl halides is 3. The minimum absolute atomic E-state index is 0.00261. The van der Waals surface area contributed by atoms with Crippen molar-refractivity contribution in [2.24, 2.45) is 0 Å². The third-order valence-electron chi connectivity index (χ3n) is 4.01. The summed E-state index contributed by atoms with van der Waals surface area (Å²) in [7, 11) is 0. The molecule has 0 spiro atoms. The Labute approximate surface area is 166 Å². The van der Waals surface area contributed by atoms with E-state index in [0.717, 1.165) is 29.8 Å². The van der Waals surface area contributed by atoms with Gasteiger partial charge in [-0.3, -0.25) is 4.79 Å². The van der Waals surface area contributed by atoms with Crippen molar-refractivity contribution in [2.45, 2.75) is 12.8 Å². The summed E-state index contributed by atoms with van der Waals surface area (Å²) in [6.07, 6.45) is -4.50. The maximum atomic E-state index is 12.7. The van der Waals surface area contributed by atoms with E-state index in [4.69, 9.17) is 4.74 Å². The van der Waals surface area contributed by atoms with E-state index in [-0.39, 0.29) is 35.2 Å². The summed E-state index contributed by atoms with van der Waals surface area (Å²) in [5.74, 6) is -0.806. The molecule has 1 amide bonds. The molecule has 0 aliphatic carbocycles. The monoisotopic (exact) mass is 415 g/mol. The summed E-state index contributed by atoms with van der Waals surface area (Å²) in [5, 5.41) is 9.63. The van der Waals surface area contributed by atoms with Crippen molar-refractivity contribution >= 4 is 23.0 Å². The number of nitrogens with one attached hydrogen (secondary N) is 1. The van der Waals surface area contributed by atoms with Gasteiger partial charge in [0.15, 0.2) is 5.82 Å². The van der Waals surface area contributed by atoms with Gasteiger partial charge in [-0.25, -0.2) is 4.63 Å². The molecule has 30 heavy (non-hydrogen) atoms. The molecule has 2 heterocycles. The van der Waals surface area contributed by atoms with Crippen LogP contribution in [0.1, 0.15) is 21.5 Å². The van der Waals surface area contributed by atoms with Crippen molar-refractivity contribution in [3.63, 3.8) is 0 Å². The number of anilines is 1. The average molecular weight is 415 g/mol. The number of aromatic nitrogens is 4. The van der Waals surface area contributed by atoms with Gasteiger partial charge >= 0.3 is 6.18 Å². The number of rotatable bonds is 5. The first-order chi connectivity index (χ1) is 14.4. The molecule has 0 unspecified atom stereocenters. The van der Waals surface area contributed by atoms with Crippen molar-refractivity contribution in [2.75, 3.05) is 5.32 Å². The van der Waals surface area contributed by atoms with E-state index in [1.54, 1.807) is 0 Å². The predicted octanol–water partition coefficient (Wildman–Crippen LogP) is 3.86. The summed E-state index contributed by atoms with van der Waals surface area (Å²) in [4.78, 5) is 20.7. The van der Waals surface area contributed by atoms with E-state index >= 15 is 0 Å². The number of ether oxygens (including phenoxy) is 1. The summed E-state index contributed by atoms with van der Waals surface area (Å²) >= 11 is 0. The Morgan fingerprint density at radius 1 is 0.967 bits per heavy atom. The van der Waals surface area contributed by atoms with Crippen LogP contribution in [0.15, 0.2) is 59.2 Å². The van der Waals surface area contributed by atoms with Crippen LogP contribution < -0.4 is 10.1 Å². The van der Waals surface area contributed by atoms with Gasteiger partial charge in [0, 0.05) is 5.56 Å². The molecule has 0 aliphatic rings. The number of benzene rings is 2. The minimum Gasteiger partial charge on any atom is -0.470 e. The lowest BCUT2D eigenvalue weighted by atomic mass is 10.1. The summed E-state index contributed by atoms with van der Waals surface area (Å²) in [5.41, 5.74) is 0.0889. The zero-order valence-electron chi connectivity index (χ0n) is 15.1. The maximum absolute atomic E-state index is 12.7. The van der Waals surface area contributed by atoms with Gasteiger partial charge in [0.25, 0.3) is 11.8 Å². The maximum Gasteiger partial charge on any atom is 0.416 e. The van der Waals surface area contributed by atoms with Gasteiger partial charge in [-0.2, -0.15) is 23.1 Å². The van der Waals surface area contributed by atoms with Crippen molar-refractivity contribution in [3.8, 4) is 5.88 Å². The third kappa shape index (κ3) is 4.19. The highest BCUT2D eigenvalue weighted by Gasteiger charge is 2.30. The number of fused-ring (bicyclic) bond motifs is 1. The molecule has 11 heteroatoms. The molecule has 2 aromatic heterocycles. The summed E-state index contributed by atoms with van der Waals surface area (Å²) < 4.78 is 48.3. The first-order valence-electron chi connectivity index (χ1n) is 8.56. The zero-order chi connectivity index (χ0) is 21.1. The molecule has 0 aliphatic heterocycles. The predicted molar refractivity (Wildman–Crippen MR) is 97.6 cm³/mol. The van der Waals surface area contributed by atoms with Crippen LogP contribution in [0.3, 0.4) is 0 Å². The number of hydrogen-bond acceptors (Lipinski definition) is 7. The highest BCUT2D eigenvalue weighted by molar-refractivity contribution is 6.04. The largest absolute Gasteiger partial charge is 0.470 e. The van der Waals surface area contributed by atoms with Crippen molar-refractivity contribution in [3.05, 3.63) is 71.3 Å². The topological polar surface area (TPSA) is 103 Å².